The van der Waals surface area contributed by atoms with Crippen molar-refractivity contribution in [2.24, 2.45) is 0 Å². The van der Waals surface area contributed by atoms with E-state index in [9.17, 15) is 10.2 Å². The zero-order chi connectivity index (χ0) is 34.5. The number of rotatable bonds is 14. The fourth-order valence-corrected chi connectivity index (χ4v) is 9.62. The van der Waals surface area contributed by atoms with E-state index in [-0.39, 0.29) is 26.4 Å². The predicted octanol–water partition coefficient (Wildman–Crippen LogP) is 11.7. The normalized spacial score (nSPS) is 12.9. The average molecular weight is 1160 g/mol. The highest BCUT2D eigenvalue weighted by atomic mass is 79.9. The summed E-state index contributed by atoms with van der Waals surface area (Å²) in [5.74, 6) is 2.38. The Labute approximate surface area is 341 Å². The van der Waals surface area contributed by atoms with Crippen LogP contribution < -0.4 is 18.9 Å². The monoisotopic (exact) mass is 1150 g/mol. The molecule has 0 bridgehead atoms. The molecule has 4 aromatic rings. The number of aliphatic hydroxyl groups is 2. The van der Waals surface area contributed by atoms with Crippen LogP contribution in [0.1, 0.15) is 25.0 Å². The molecule has 0 amide bonds. The molecular weight excluding hydrogens is 1130 g/mol. The molecule has 0 heterocycles. The zero-order valence-electron chi connectivity index (χ0n) is 24.8. The number of para-hydroxylation sites is 2. The average Bonchev–Trinajstić information content (AvgIpc) is 2.99. The highest BCUT2D eigenvalue weighted by Crippen LogP contribution is 2.44. The Kier molecular flexibility index (Phi) is 15.1. The molecular formula is C33H28Br8O6. The van der Waals surface area contributed by atoms with Crippen molar-refractivity contribution in [3.05, 3.63) is 108 Å². The summed E-state index contributed by atoms with van der Waals surface area (Å²) in [5, 5.41) is 21.1. The van der Waals surface area contributed by atoms with E-state index in [1.807, 2.05) is 60.7 Å². The van der Waals surface area contributed by atoms with Gasteiger partial charge in [-0.25, -0.2) is 0 Å². The molecule has 0 fully saturated rings. The van der Waals surface area contributed by atoms with E-state index in [4.69, 9.17) is 18.9 Å². The SMILES string of the molecule is CC(C)(c1cc(Br)c(OCC(O)COc2c(Br)cccc2Br)c(Br)c1)c1cc(Br)c(OCC(O)COc2c(Br)cccc2Br)c(Br)c1. The van der Waals surface area contributed by atoms with Crippen LogP contribution in [0.3, 0.4) is 0 Å². The second-order valence-corrected chi connectivity index (χ2v) is 17.7. The van der Waals surface area contributed by atoms with Crippen LogP contribution >= 0.6 is 127 Å². The Morgan fingerprint density at radius 2 is 0.702 bits per heavy atom. The minimum atomic E-state index is -0.860. The Bertz CT molecular complexity index is 1510. The standard InChI is InChI=1S/C33H28Br8O6/c1-33(2,17-9-25(38)31(26(39)10-17)46-15-19(42)13-44-29-21(34)5-3-6-22(29)35)18-11-27(40)32(28(41)12-18)47-16-20(43)14-45-30-23(36)7-4-8-24(30)37/h3-12,19-20,42-43H,13-16H2,1-2H3. The van der Waals surface area contributed by atoms with E-state index in [2.05, 4.69) is 141 Å². The molecule has 252 valence electrons. The Morgan fingerprint density at radius 3 is 0.957 bits per heavy atom. The van der Waals surface area contributed by atoms with Gasteiger partial charge in [-0.3, -0.25) is 0 Å². The first-order valence-electron chi connectivity index (χ1n) is 13.9. The van der Waals surface area contributed by atoms with Crippen LogP contribution in [0, 0.1) is 0 Å². The van der Waals surface area contributed by atoms with Gasteiger partial charge in [-0.1, -0.05) is 26.0 Å². The first-order chi connectivity index (χ1) is 22.2. The van der Waals surface area contributed by atoms with Crippen LogP contribution in [-0.2, 0) is 5.41 Å². The highest BCUT2D eigenvalue weighted by Gasteiger charge is 2.28. The summed E-state index contributed by atoms with van der Waals surface area (Å²) >= 11 is 28.5. The van der Waals surface area contributed by atoms with Gasteiger partial charge in [0.05, 0.1) is 35.8 Å². The topological polar surface area (TPSA) is 77.4 Å². The van der Waals surface area contributed by atoms with Gasteiger partial charge in [-0.05, 0) is 187 Å². The van der Waals surface area contributed by atoms with Crippen molar-refractivity contribution in [2.75, 3.05) is 26.4 Å². The molecule has 2 unspecified atom stereocenters. The van der Waals surface area contributed by atoms with Gasteiger partial charge >= 0.3 is 0 Å². The lowest BCUT2D eigenvalue weighted by Gasteiger charge is -2.28. The van der Waals surface area contributed by atoms with Crippen molar-refractivity contribution in [3.63, 3.8) is 0 Å². The van der Waals surface area contributed by atoms with Crippen LogP contribution in [0.2, 0.25) is 0 Å². The largest absolute Gasteiger partial charge is 0.488 e. The Morgan fingerprint density at radius 1 is 0.468 bits per heavy atom. The molecule has 0 spiro atoms. The molecule has 4 rings (SSSR count). The van der Waals surface area contributed by atoms with Gasteiger partial charge in [0.25, 0.3) is 0 Å². The van der Waals surface area contributed by atoms with Gasteiger partial charge in [0.1, 0.15) is 61.6 Å². The van der Waals surface area contributed by atoms with Crippen molar-refractivity contribution >= 4 is 127 Å². The Balaban J connectivity index is 1.39. The molecule has 0 aromatic heterocycles. The lowest BCUT2D eigenvalue weighted by Crippen LogP contribution is -2.26. The van der Waals surface area contributed by atoms with Gasteiger partial charge in [-0.2, -0.15) is 0 Å². The Hall–Kier alpha value is -0.160. The van der Waals surface area contributed by atoms with Crippen molar-refractivity contribution < 1.29 is 29.2 Å². The van der Waals surface area contributed by atoms with E-state index in [1.54, 1.807) is 0 Å². The fraction of sp³-hybridized carbons (Fsp3) is 0.273. The third kappa shape index (κ3) is 10.4. The second-order valence-electron chi connectivity index (χ2n) is 10.8. The van der Waals surface area contributed by atoms with Gasteiger partial charge in [0, 0.05) is 5.41 Å². The van der Waals surface area contributed by atoms with E-state index in [1.165, 1.54) is 0 Å². The lowest BCUT2D eigenvalue weighted by molar-refractivity contribution is 0.0616. The molecule has 0 aliphatic heterocycles. The van der Waals surface area contributed by atoms with E-state index in [0.29, 0.717) is 23.0 Å². The molecule has 6 nitrogen and oxygen atoms in total. The maximum atomic E-state index is 10.6. The summed E-state index contributed by atoms with van der Waals surface area (Å²) in [6, 6.07) is 19.3. The molecule has 0 saturated carbocycles. The third-order valence-electron chi connectivity index (χ3n) is 6.96. The first-order valence-corrected chi connectivity index (χ1v) is 20.3. The molecule has 4 aromatic carbocycles. The second kappa shape index (κ2) is 17.9. The number of aliphatic hydroxyl groups excluding tert-OH is 2. The number of ether oxygens (including phenoxy) is 4. The molecule has 0 aliphatic carbocycles. The third-order valence-corrected chi connectivity index (χ3v) is 11.8. The van der Waals surface area contributed by atoms with E-state index in [0.717, 1.165) is 46.9 Å². The minimum Gasteiger partial charge on any atom is -0.488 e. The molecule has 2 N–H and O–H groups in total. The molecule has 47 heavy (non-hydrogen) atoms. The summed E-state index contributed by atoms with van der Waals surface area (Å²) in [6.45, 7) is 4.43. The molecule has 0 aliphatic rings. The first kappa shape index (κ1) is 39.6. The van der Waals surface area contributed by atoms with Crippen LogP contribution in [-0.4, -0.2) is 48.8 Å². The van der Waals surface area contributed by atoms with Crippen molar-refractivity contribution in [1.82, 2.24) is 0 Å². The predicted molar refractivity (Wildman–Crippen MR) is 213 cm³/mol. The number of hydrogen-bond acceptors (Lipinski definition) is 6. The van der Waals surface area contributed by atoms with Crippen LogP contribution in [0.4, 0.5) is 0 Å². The maximum absolute atomic E-state index is 10.6. The van der Waals surface area contributed by atoms with Gasteiger partial charge < -0.3 is 29.2 Å². The van der Waals surface area contributed by atoms with Crippen LogP contribution in [0.5, 0.6) is 23.0 Å². The molecule has 0 saturated heterocycles. The summed E-state index contributed by atoms with van der Waals surface area (Å²) in [4.78, 5) is 0. The zero-order valence-corrected chi connectivity index (χ0v) is 37.5. The maximum Gasteiger partial charge on any atom is 0.147 e. The molecule has 14 heteroatoms. The van der Waals surface area contributed by atoms with Crippen LogP contribution in [0.15, 0.2) is 96.4 Å². The minimum absolute atomic E-state index is 0.0333. The van der Waals surface area contributed by atoms with Crippen molar-refractivity contribution in [2.45, 2.75) is 31.5 Å². The smallest absolute Gasteiger partial charge is 0.147 e. The van der Waals surface area contributed by atoms with E-state index >= 15 is 0 Å². The van der Waals surface area contributed by atoms with Crippen molar-refractivity contribution in [1.29, 1.82) is 0 Å². The quantitative estimate of drug-likeness (QED) is 0.131. The van der Waals surface area contributed by atoms with Gasteiger partial charge in [-0.15, -0.1) is 0 Å². The van der Waals surface area contributed by atoms with E-state index < -0.39 is 17.6 Å². The highest BCUT2D eigenvalue weighted by molar-refractivity contribution is 9.12. The van der Waals surface area contributed by atoms with Crippen molar-refractivity contribution in [3.8, 4) is 23.0 Å². The van der Waals surface area contributed by atoms with Crippen LogP contribution in [0.25, 0.3) is 0 Å². The number of benzene rings is 4. The van der Waals surface area contributed by atoms with Gasteiger partial charge in [0.2, 0.25) is 0 Å². The fourth-order valence-electron chi connectivity index (χ4n) is 4.34. The number of hydrogen-bond donors (Lipinski definition) is 2. The van der Waals surface area contributed by atoms with Gasteiger partial charge in [0.15, 0.2) is 0 Å². The summed E-state index contributed by atoms with van der Waals surface area (Å²) in [6.07, 6.45) is -1.72. The molecule has 0 radical (unpaired) electrons. The molecule has 2 atom stereocenters. The summed E-state index contributed by atoms with van der Waals surface area (Å²) in [7, 11) is 0. The lowest BCUT2D eigenvalue weighted by atomic mass is 9.78. The summed E-state index contributed by atoms with van der Waals surface area (Å²) < 4.78 is 29.7. The number of halogens is 8. The summed E-state index contributed by atoms with van der Waals surface area (Å²) in [5.41, 5.74) is 1.61.